The molecular weight excluding hydrogens is 231 g/mol. The van der Waals surface area contributed by atoms with E-state index in [0.717, 1.165) is 18.0 Å². The Kier molecular flexibility index (Phi) is 2.82. The maximum Gasteiger partial charge on any atom is 0.417 e. The Morgan fingerprint density at radius 3 is 2.65 bits per heavy atom. The van der Waals surface area contributed by atoms with E-state index in [4.69, 9.17) is 0 Å². The molecule has 0 aliphatic heterocycles. The molecule has 2 heterocycles. The van der Waals surface area contributed by atoms with Crippen molar-refractivity contribution < 1.29 is 13.2 Å². The Labute approximate surface area is 96.3 Å². The highest BCUT2D eigenvalue weighted by atomic mass is 19.4. The fraction of sp³-hybridized carbons (Fsp3) is 0.364. The first kappa shape index (κ1) is 11.9. The smallest absolute Gasteiger partial charge is 0.331 e. The summed E-state index contributed by atoms with van der Waals surface area (Å²) in [6.45, 7) is 0.591. The average molecular weight is 243 g/mol. The Morgan fingerprint density at radius 1 is 1.35 bits per heavy atom. The van der Waals surface area contributed by atoms with E-state index < -0.39 is 11.7 Å². The molecule has 2 rings (SSSR count). The largest absolute Gasteiger partial charge is 0.417 e. The van der Waals surface area contributed by atoms with Gasteiger partial charge in [0.1, 0.15) is 5.65 Å². The number of fused-ring (bicyclic) bond motifs is 1. The van der Waals surface area contributed by atoms with Gasteiger partial charge in [0.25, 0.3) is 0 Å². The van der Waals surface area contributed by atoms with Gasteiger partial charge in [-0.25, -0.2) is 4.98 Å². The predicted octanol–water partition coefficient (Wildman–Crippen LogP) is 2.31. The van der Waals surface area contributed by atoms with Crippen molar-refractivity contribution in [3.05, 3.63) is 29.6 Å². The van der Waals surface area contributed by atoms with E-state index in [1.807, 2.05) is 0 Å². The second-order valence-corrected chi connectivity index (χ2v) is 3.86. The third-order valence-electron chi connectivity index (χ3n) is 2.65. The Hall–Kier alpha value is -1.56. The number of nitrogens with zero attached hydrogens (tertiary/aromatic N) is 2. The van der Waals surface area contributed by atoms with Gasteiger partial charge in [0.05, 0.1) is 5.56 Å². The van der Waals surface area contributed by atoms with Crippen LogP contribution in [-0.2, 0) is 19.8 Å². The molecule has 0 atom stereocenters. The van der Waals surface area contributed by atoms with E-state index in [9.17, 15) is 13.2 Å². The summed E-state index contributed by atoms with van der Waals surface area (Å²) in [5.74, 6) is 0. The third-order valence-corrected chi connectivity index (χ3v) is 2.65. The number of alkyl halides is 3. The standard InChI is InChI=1S/C11H12F3N3/c1-15-6-9-4-7-3-8(11(12,13)14)5-16-10(7)17(9)2/h3-5,15H,6H2,1-2H3. The van der Waals surface area contributed by atoms with Crippen LogP contribution in [0.15, 0.2) is 18.3 Å². The second-order valence-electron chi connectivity index (χ2n) is 3.86. The lowest BCUT2D eigenvalue weighted by Crippen LogP contribution is -2.09. The molecule has 0 saturated heterocycles. The van der Waals surface area contributed by atoms with E-state index in [-0.39, 0.29) is 0 Å². The third kappa shape index (κ3) is 2.12. The minimum atomic E-state index is -4.35. The van der Waals surface area contributed by atoms with Crippen molar-refractivity contribution in [3.63, 3.8) is 0 Å². The molecule has 0 spiro atoms. The number of nitrogens with one attached hydrogen (secondary N) is 1. The zero-order valence-corrected chi connectivity index (χ0v) is 9.47. The first-order valence-electron chi connectivity index (χ1n) is 5.09. The van der Waals surface area contributed by atoms with Crippen molar-refractivity contribution in [2.24, 2.45) is 7.05 Å². The highest BCUT2D eigenvalue weighted by Crippen LogP contribution is 2.31. The molecule has 1 N–H and O–H groups in total. The van der Waals surface area contributed by atoms with Crippen LogP contribution in [-0.4, -0.2) is 16.6 Å². The molecule has 0 fully saturated rings. The Balaban J connectivity index is 2.56. The molecule has 0 saturated carbocycles. The van der Waals surface area contributed by atoms with Crippen LogP contribution in [0.25, 0.3) is 11.0 Å². The van der Waals surface area contributed by atoms with Crippen LogP contribution >= 0.6 is 0 Å². The lowest BCUT2D eigenvalue weighted by Gasteiger charge is -2.06. The summed E-state index contributed by atoms with van der Waals surface area (Å²) < 4.78 is 39.3. The Bertz CT molecular complexity index is 543. The molecule has 2 aromatic heterocycles. The van der Waals surface area contributed by atoms with Gasteiger partial charge in [-0.3, -0.25) is 0 Å². The van der Waals surface area contributed by atoms with Gasteiger partial charge in [-0.15, -0.1) is 0 Å². The average Bonchev–Trinajstić information content (AvgIpc) is 2.55. The quantitative estimate of drug-likeness (QED) is 0.877. The van der Waals surface area contributed by atoms with Gasteiger partial charge in [0.15, 0.2) is 0 Å². The maximum atomic E-state index is 12.5. The molecule has 0 aliphatic carbocycles. The first-order chi connectivity index (χ1) is 7.93. The van der Waals surface area contributed by atoms with Crippen molar-refractivity contribution in [2.75, 3.05) is 7.05 Å². The van der Waals surface area contributed by atoms with Crippen molar-refractivity contribution in [3.8, 4) is 0 Å². The van der Waals surface area contributed by atoms with E-state index in [1.54, 1.807) is 24.7 Å². The molecule has 0 amide bonds. The number of rotatable bonds is 2. The summed E-state index contributed by atoms with van der Waals surface area (Å²) >= 11 is 0. The molecule has 0 aromatic carbocycles. The zero-order valence-electron chi connectivity index (χ0n) is 9.47. The molecule has 0 bridgehead atoms. The molecule has 0 aliphatic rings. The van der Waals surface area contributed by atoms with Crippen LogP contribution in [0.2, 0.25) is 0 Å². The zero-order chi connectivity index (χ0) is 12.6. The number of hydrogen-bond donors (Lipinski definition) is 1. The molecule has 3 nitrogen and oxygen atoms in total. The van der Waals surface area contributed by atoms with Crippen LogP contribution in [0, 0.1) is 0 Å². The molecule has 0 unspecified atom stereocenters. The van der Waals surface area contributed by atoms with Gasteiger partial charge >= 0.3 is 6.18 Å². The van der Waals surface area contributed by atoms with Gasteiger partial charge in [-0.05, 0) is 19.2 Å². The van der Waals surface area contributed by atoms with Crippen LogP contribution in [0.4, 0.5) is 13.2 Å². The van der Waals surface area contributed by atoms with E-state index >= 15 is 0 Å². The van der Waals surface area contributed by atoms with Gasteiger partial charge in [-0.1, -0.05) is 0 Å². The molecule has 6 heteroatoms. The number of hydrogen-bond acceptors (Lipinski definition) is 2. The minimum Gasteiger partial charge on any atom is -0.331 e. The fourth-order valence-corrected chi connectivity index (χ4v) is 1.78. The summed E-state index contributed by atoms with van der Waals surface area (Å²) in [5.41, 5.74) is 0.740. The van der Waals surface area contributed by atoms with Crippen LogP contribution in [0.3, 0.4) is 0 Å². The van der Waals surface area contributed by atoms with E-state index in [1.165, 1.54) is 0 Å². The highest BCUT2D eigenvalue weighted by molar-refractivity contribution is 5.78. The maximum absolute atomic E-state index is 12.5. The number of aryl methyl sites for hydroxylation is 1. The van der Waals surface area contributed by atoms with Crippen LogP contribution in [0.5, 0.6) is 0 Å². The van der Waals surface area contributed by atoms with Gasteiger partial charge in [-0.2, -0.15) is 13.2 Å². The van der Waals surface area contributed by atoms with Crippen molar-refractivity contribution in [1.29, 1.82) is 0 Å². The predicted molar refractivity (Wildman–Crippen MR) is 58.5 cm³/mol. The summed E-state index contributed by atoms with van der Waals surface area (Å²) in [6, 6.07) is 2.84. The molecule has 17 heavy (non-hydrogen) atoms. The van der Waals surface area contributed by atoms with Crippen molar-refractivity contribution >= 4 is 11.0 Å². The normalized spacial score (nSPS) is 12.3. The lowest BCUT2D eigenvalue weighted by molar-refractivity contribution is -0.137. The summed E-state index contributed by atoms with van der Waals surface area (Å²) in [6.07, 6.45) is -3.48. The van der Waals surface area contributed by atoms with Crippen LogP contribution < -0.4 is 5.32 Å². The monoisotopic (exact) mass is 243 g/mol. The number of pyridine rings is 1. The molecule has 92 valence electrons. The van der Waals surface area contributed by atoms with Crippen molar-refractivity contribution in [1.82, 2.24) is 14.9 Å². The molecule has 0 radical (unpaired) electrons. The summed E-state index contributed by atoms with van der Waals surface area (Å²) in [5, 5.41) is 3.47. The summed E-state index contributed by atoms with van der Waals surface area (Å²) in [7, 11) is 3.57. The lowest BCUT2D eigenvalue weighted by atomic mass is 10.2. The molecule has 2 aromatic rings. The SMILES string of the molecule is CNCc1cc2cc(C(F)(F)F)cnc2n1C. The van der Waals surface area contributed by atoms with Crippen LogP contribution in [0.1, 0.15) is 11.3 Å². The number of aromatic nitrogens is 2. The first-order valence-corrected chi connectivity index (χ1v) is 5.09. The van der Waals surface area contributed by atoms with Gasteiger partial charge in [0, 0.05) is 30.9 Å². The highest BCUT2D eigenvalue weighted by Gasteiger charge is 2.31. The van der Waals surface area contributed by atoms with E-state index in [2.05, 4.69) is 10.3 Å². The fourth-order valence-electron chi connectivity index (χ4n) is 1.78. The minimum absolute atomic E-state index is 0.507. The second kappa shape index (κ2) is 4.03. The summed E-state index contributed by atoms with van der Waals surface area (Å²) in [4.78, 5) is 3.87. The van der Waals surface area contributed by atoms with E-state index in [0.29, 0.717) is 17.6 Å². The van der Waals surface area contributed by atoms with Gasteiger partial charge < -0.3 is 9.88 Å². The topological polar surface area (TPSA) is 29.9 Å². The van der Waals surface area contributed by atoms with Crippen molar-refractivity contribution in [2.45, 2.75) is 12.7 Å². The Morgan fingerprint density at radius 2 is 2.06 bits per heavy atom. The number of halogens is 3. The van der Waals surface area contributed by atoms with Gasteiger partial charge in [0.2, 0.25) is 0 Å². The molecular formula is C11H12F3N3.